The highest BCUT2D eigenvalue weighted by molar-refractivity contribution is 7.92. The molecule has 7 nitrogen and oxygen atoms in total. The second-order valence-corrected chi connectivity index (χ2v) is 12.6. The molecular formula is C30H30ClF4N3O4S. The summed E-state index contributed by atoms with van der Waals surface area (Å²) in [6.07, 6.45) is -1.38. The lowest BCUT2D eigenvalue weighted by molar-refractivity contribution is -0.139. The first-order valence-corrected chi connectivity index (χ1v) is 15.4. The van der Waals surface area contributed by atoms with E-state index in [0.29, 0.717) is 22.0 Å². The molecule has 0 unspecified atom stereocenters. The van der Waals surface area contributed by atoms with Crippen LogP contribution in [0.4, 0.5) is 23.2 Å². The minimum Gasteiger partial charge on any atom is -0.352 e. The topological polar surface area (TPSA) is 86.8 Å². The Labute approximate surface area is 252 Å². The highest BCUT2D eigenvalue weighted by Crippen LogP contribution is 2.37. The Balaban J connectivity index is 1.75. The van der Waals surface area contributed by atoms with Gasteiger partial charge in [0.2, 0.25) is 11.8 Å². The van der Waals surface area contributed by atoms with Crippen LogP contribution in [0.5, 0.6) is 0 Å². The van der Waals surface area contributed by atoms with Crippen LogP contribution in [0, 0.1) is 5.82 Å². The first-order valence-electron chi connectivity index (χ1n) is 13.6. The largest absolute Gasteiger partial charge is 0.416 e. The van der Waals surface area contributed by atoms with Gasteiger partial charge >= 0.3 is 6.18 Å². The third kappa shape index (κ3) is 7.85. The van der Waals surface area contributed by atoms with Gasteiger partial charge in [0.15, 0.2) is 0 Å². The highest BCUT2D eigenvalue weighted by atomic mass is 35.5. The lowest BCUT2D eigenvalue weighted by Gasteiger charge is -2.33. The summed E-state index contributed by atoms with van der Waals surface area (Å²) in [6, 6.07) is 13.1. The number of nitrogens with one attached hydrogen (secondary N) is 1. The Morgan fingerprint density at radius 3 is 2.23 bits per heavy atom. The molecule has 1 aliphatic carbocycles. The van der Waals surface area contributed by atoms with Crippen molar-refractivity contribution in [2.45, 2.75) is 62.3 Å². The maximum absolute atomic E-state index is 14.0. The Hall–Kier alpha value is -3.64. The summed E-state index contributed by atoms with van der Waals surface area (Å²) in [5.41, 5.74) is -1.27. The van der Waals surface area contributed by atoms with Gasteiger partial charge in [-0.3, -0.25) is 13.9 Å². The summed E-state index contributed by atoms with van der Waals surface area (Å²) in [5, 5.41) is 2.58. The van der Waals surface area contributed by atoms with Crippen LogP contribution in [0.25, 0.3) is 0 Å². The van der Waals surface area contributed by atoms with Crippen molar-refractivity contribution in [1.82, 2.24) is 10.2 Å². The zero-order valence-electron chi connectivity index (χ0n) is 23.2. The van der Waals surface area contributed by atoms with Crippen LogP contribution in [0.15, 0.2) is 77.7 Å². The molecule has 0 spiro atoms. The van der Waals surface area contributed by atoms with Crippen molar-refractivity contribution in [2.24, 2.45) is 0 Å². The fourth-order valence-electron chi connectivity index (χ4n) is 4.87. The Kier molecular flexibility index (Phi) is 10.0. The zero-order valence-corrected chi connectivity index (χ0v) is 24.7. The third-order valence-electron chi connectivity index (χ3n) is 7.29. The number of carbonyl (C=O) groups excluding carboxylic acids is 2. The number of carbonyl (C=O) groups is 2. The third-order valence-corrected chi connectivity index (χ3v) is 9.38. The van der Waals surface area contributed by atoms with Gasteiger partial charge in [0.25, 0.3) is 10.0 Å². The van der Waals surface area contributed by atoms with Gasteiger partial charge in [-0.05, 0) is 67.8 Å². The molecule has 230 valence electrons. The van der Waals surface area contributed by atoms with E-state index >= 15 is 0 Å². The molecule has 2 amide bonds. The van der Waals surface area contributed by atoms with Crippen molar-refractivity contribution in [3.8, 4) is 0 Å². The maximum atomic E-state index is 14.0. The van der Waals surface area contributed by atoms with Crippen molar-refractivity contribution in [3.05, 3.63) is 94.8 Å². The predicted octanol–water partition coefficient (Wildman–Crippen LogP) is 6.17. The molecule has 3 aromatic carbocycles. The van der Waals surface area contributed by atoms with E-state index in [-0.39, 0.29) is 22.5 Å². The van der Waals surface area contributed by atoms with Crippen LogP contribution >= 0.6 is 11.6 Å². The number of hydrogen-bond donors (Lipinski definition) is 1. The Morgan fingerprint density at radius 2 is 1.63 bits per heavy atom. The predicted molar refractivity (Wildman–Crippen MR) is 154 cm³/mol. The lowest BCUT2D eigenvalue weighted by atomic mass is 10.1. The smallest absolute Gasteiger partial charge is 0.352 e. The molecule has 0 radical (unpaired) electrons. The number of hydrogen-bond acceptors (Lipinski definition) is 4. The van der Waals surface area contributed by atoms with E-state index in [4.69, 9.17) is 11.6 Å². The van der Waals surface area contributed by atoms with Gasteiger partial charge in [-0.15, -0.1) is 0 Å². The van der Waals surface area contributed by atoms with Gasteiger partial charge in [0.1, 0.15) is 18.4 Å². The van der Waals surface area contributed by atoms with Crippen molar-refractivity contribution < 1.29 is 35.6 Å². The first-order chi connectivity index (χ1) is 20.3. The van der Waals surface area contributed by atoms with Gasteiger partial charge in [0.05, 0.1) is 21.2 Å². The fourth-order valence-corrected chi connectivity index (χ4v) is 6.59. The van der Waals surface area contributed by atoms with Crippen LogP contribution in [0.2, 0.25) is 5.02 Å². The van der Waals surface area contributed by atoms with E-state index < -0.39 is 57.7 Å². The number of alkyl halides is 3. The van der Waals surface area contributed by atoms with Crippen LogP contribution in [-0.4, -0.2) is 43.8 Å². The fraction of sp³-hybridized carbons (Fsp3) is 0.333. The lowest BCUT2D eigenvalue weighted by Crippen LogP contribution is -2.52. The first kappa shape index (κ1) is 32.3. The van der Waals surface area contributed by atoms with E-state index in [0.717, 1.165) is 36.6 Å². The molecule has 0 bridgehead atoms. The number of nitrogens with zero attached hydrogens (tertiary/aromatic N) is 2. The van der Waals surface area contributed by atoms with Crippen molar-refractivity contribution in [3.63, 3.8) is 0 Å². The van der Waals surface area contributed by atoms with Gasteiger partial charge < -0.3 is 10.2 Å². The number of rotatable bonds is 10. The number of sulfonamides is 1. The van der Waals surface area contributed by atoms with Gasteiger partial charge in [-0.1, -0.05) is 54.8 Å². The Bertz CT molecular complexity index is 1550. The summed E-state index contributed by atoms with van der Waals surface area (Å²) in [5.74, 6) is -1.88. The summed E-state index contributed by atoms with van der Waals surface area (Å²) < 4.78 is 82.7. The van der Waals surface area contributed by atoms with Crippen molar-refractivity contribution >= 4 is 39.1 Å². The Morgan fingerprint density at radius 1 is 1.00 bits per heavy atom. The average Bonchev–Trinajstić information content (AvgIpc) is 3.48. The van der Waals surface area contributed by atoms with Crippen LogP contribution in [-0.2, 0) is 32.3 Å². The monoisotopic (exact) mass is 639 g/mol. The van der Waals surface area contributed by atoms with E-state index in [1.807, 2.05) is 0 Å². The van der Waals surface area contributed by atoms with Gasteiger partial charge in [-0.2, -0.15) is 13.2 Å². The summed E-state index contributed by atoms with van der Waals surface area (Å²) in [4.78, 5) is 28.0. The molecule has 4 rings (SSSR count). The quantitative estimate of drug-likeness (QED) is 0.269. The number of halogens is 5. The molecule has 1 saturated carbocycles. The molecule has 43 heavy (non-hydrogen) atoms. The van der Waals surface area contributed by atoms with Crippen molar-refractivity contribution in [1.29, 1.82) is 0 Å². The van der Waals surface area contributed by atoms with E-state index in [1.165, 1.54) is 55.5 Å². The molecule has 1 atom stereocenters. The molecule has 0 saturated heterocycles. The second kappa shape index (κ2) is 13.3. The van der Waals surface area contributed by atoms with Crippen LogP contribution < -0.4 is 9.62 Å². The van der Waals surface area contributed by atoms with Gasteiger partial charge in [-0.25, -0.2) is 12.8 Å². The van der Waals surface area contributed by atoms with Gasteiger partial charge in [0, 0.05) is 12.6 Å². The molecule has 0 aromatic heterocycles. The molecule has 1 aliphatic rings. The average molecular weight is 640 g/mol. The molecule has 1 N–H and O–H groups in total. The van der Waals surface area contributed by atoms with Crippen molar-refractivity contribution in [2.75, 3.05) is 10.8 Å². The van der Waals surface area contributed by atoms with E-state index in [9.17, 15) is 35.6 Å². The van der Waals surface area contributed by atoms with Crippen LogP contribution in [0.3, 0.4) is 0 Å². The van der Waals surface area contributed by atoms with Crippen LogP contribution in [0.1, 0.15) is 43.7 Å². The molecule has 3 aromatic rings. The maximum Gasteiger partial charge on any atom is 0.416 e. The normalized spacial score (nSPS) is 14.7. The zero-order chi connectivity index (χ0) is 31.4. The highest BCUT2D eigenvalue weighted by Gasteiger charge is 2.36. The SMILES string of the molecule is C[C@H](C(=O)NC1CCCC1)N(Cc1ccc(F)cc1)C(=O)CN(c1cc(C(F)(F)F)ccc1Cl)S(=O)(=O)c1ccccc1. The molecule has 13 heteroatoms. The molecule has 0 aliphatic heterocycles. The van der Waals surface area contributed by atoms with E-state index in [2.05, 4.69) is 5.32 Å². The molecule has 1 fully saturated rings. The summed E-state index contributed by atoms with van der Waals surface area (Å²) in [7, 11) is -4.63. The number of amides is 2. The molecular weight excluding hydrogens is 610 g/mol. The number of benzene rings is 3. The summed E-state index contributed by atoms with van der Waals surface area (Å²) in [6.45, 7) is 0.299. The second-order valence-electron chi connectivity index (χ2n) is 10.3. The standard InChI is InChI=1S/C30H30ClF4N3O4S/c1-20(29(40)36-24-7-5-6-8-24)37(18-21-11-14-23(32)15-12-21)28(39)19-38(43(41,42)25-9-3-2-4-10-25)27-17-22(30(33,34)35)13-16-26(27)31/h2-4,9-17,20,24H,5-8,18-19H2,1H3,(H,36,40)/t20-/m1/s1. The summed E-state index contributed by atoms with van der Waals surface area (Å²) >= 11 is 6.25. The van der Waals surface area contributed by atoms with E-state index in [1.54, 1.807) is 6.07 Å². The number of anilines is 1. The minimum absolute atomic E-state index is 0.0726. The minimum atomic E-state index is -4.83. The molecule has 0 heterocycles.